The Morgan fingerprint density at radius 3 is 1.10 bits per heavy atom. The van der Waals surface area contributed by atoms with E-state index < -0.39 is 0 Å². The van der Waals surface area contributed by atoms with Crippen LogP contribution in [0.4, 0.5) is 0 Å². The third-order valence-corrected chi connectivity index (χ3v) is 9.30. The Morgan fingerprint density at radius 2 is 0.725 bits per heavy atom. The van der Waals surface area contributed by atoms with Crippen LogP contribution in [0.1, 0.15) is 201 Å². The SMILES string of the molecule is CCCCCCCCC(CCCCCC)CN(CCCCCNC)CC(CCCCCC)CCCCCCCC. The van der Waals surface area contributed by atoms with Crippen molar-refractivity contribution in [3.8, 4) is 0 Å². The summed E-state index contributed by atoms with van der Waals surface area (Å²) in [6.07, 6.45) is 38.7. The molecule has 2 unspecified atom stereocenters. The molecule has 0 aliphatic carbocycles. The van der Waals surface area contributed by atoms with Gasteiger partial charge in [-0.25, -0.2) is 0 Å². The van der Waals surface area contributed by atoms with Crippen LogP contribution in [-0.2, 0) is 0 Å². The summed E-state index contributed by atoms with van der Waals surface area (Å²) in [5, 5.41) is 3.36. The Labute approximate surface area is 256 Å². The monoisotopic (exact) mass is 565 g/mol. The van der Waals surface area contributed by atoms with Crippen molar-refractivity contribution in [2.75, 3.05) is 33.2 Å². The molecule has 0 aromatic heterocycles. The van der Waals surface area contributed by atoms with Gasteiger partial charge in [0.1, 0.15) is 0 Å². The van der Waals surface area contributed by atoms with Crippen molar-refractivity contribution in [1.82, 2.24) is 10.2 Å². The lowest BCUT2D eigenvalue weighted by Gasteiger charge is -2.31. The molecule has 0 radical (unpaired) electrons. The van der Waals surface area contributed by atoms with Crippen molar-refractivity contribution < 1.29 is 0 Å². The molecule has 0 saturated heterocycles. The van der Waals surface area contributed by atoms with E-state index in [4.69, 9.17) is 0 Å². The predicted octanol–water partition coefficient (Wildman–Crippen LogP) is 12.4. The van der Waals surface area contributed by atoms with E-state index in [1.165, 1.54) is 200 Å². The number of rotatable bonds is 34. The van der Waals surface area contributed by atoms with Crippen molar-refractivity contribution in [1.29, 1.82) is 0 Å². The molecule has 242 valence electrons. The summed E-state index contributed by atoms with van der Waals surface area (Å²) in [5.41, 5.74) is 0. The van der Waals surface area contributed by atoms with Crippen LogP contribution < -0.4 is 5.32 Å². The van der Waals surface area contributed by atoms with Gasteiger partial charge in [0.05, 0.1) is 0 Å². The molecule has 2 nitrogen and oxygen atoms in total. The zero-order valence-electron chi connectivity index (χ0n) is 29.0. The zero-order chi connectivity index (χ0) is 29.4. The second kappa shape index (κ2) is 33.4. The maximum Gasteiger partial charge on any atom is 0.000977 e. The fourth-order valence-corrected chi connectivity index (χ4v) is 6.60. The summed E-state index contributed by atoms with van der Waals surface area (Å²) in [6.45, 7) is 14.7. The first-order chi connectivity index (χ1) is 19.7. The minimum Gasteiger partial charge on any atom is -0.320 e. The highest BCUT2D eigenvalue weighted by Crippen LogP contribution is 2.24. The van der Waals surface area contributed by atoms with Gasteiger partial charge >= 0.3 is 0 Å². The molecule has 0 saturated carbocycles. The number of nitrogens with zero attached hydrogens (tertiary/aromatic N) is 1. The highest BCUT2D eigenvalue weighted by atomic mass is 15.1. The lowest BCUT2D eigenvalue weighted by molar-refractivity contribution is 0.170. The number of hydrogen-bond acceptors (Lipinski definition) is 2. The molecule has 0 aromatic rings. The van der Waals surface area contributed by atoms with E-state index in [9.17, 15) is 0 Å². The lowest BCUT2D eigenvalue weighted by atomic mass is 9.91. The van der Waals surface area contributed by atoms with Gasteiger partial charge in [-0.05, 0) is 70.5 Å². The van der Waals surface area contributed by atoms with Crippen molar-refractivity contribution in [3.63, 3.8) is 0 Å². The van der Waals surface area contributed by atoms with Crippen molar-refractivity contribution in [2.24, 2.45) is 11.8 Å². The van der Waals surface area contributed by atoms with Crippen molar-refractivity contribution in [3.05, 3.63) is 0 Å². The van der Waals surface area contributed by atoms with Gasteiger partial charge in [-0.3, -0.25) is 0 Å². The molecule has 2 heteroatoms. The van der Waals surface area contributed by atoms with Gasteiger partial charge in [0.15, 0.2) is 0 Å². The van der Waals surface area contributed by atoms with Crippen LogP contribution in [0.5, 0.6) is 0 Å². The molecule has 0 amide bonds. The minimum atomic E-state index is 0.926. The molecule has 0 bridgehead atoms. The van der Waals surface area contributed by atoms with Gasteiger partial charge in [0.2, 0.25) is 0 Å². The van der Waals surface area contributed by atoms with E-state index in [-0.39, 0.29) is 0 Å². The van der Waals surface area contributed by atoms with Crippen LogP contribution in [0.15, 0.2) is 0 Å². The van der Waals surface area contributed by atoms with E-state index in [1.54, 1.807) is 0 Å². The lowest BCUT2D eigenvalue weighted by Crippen LogP contribution is -2.35. The largest absolute Gasteiger partial charge is 0.320 e. The molecule has 0 aromatic carbocycles. The van der Waals surface area contributed by atoms with Crippen molar-refractivity contribution >= 4 is 0 Å². The molecule has 0 aliphatic heterocycles. The van der Waals surface area contributed by atoms with E-state index in [1.807, 2.05) is 0 Å². The fourth-order valence-electron chi connectivity index (χ4n) is 6.60. The van der Waals surface area contributed by atoms with E-state index in [2.05, 4.69) is 45.0 Å². The number of hydrogen-bond donors (Lipinski definition) is 1. The van der Waals surface area contributed by atoms with Crippen LogP contribution in [0, 0.1) is 11.8 Å². The van der Waals surface area contributed by atoms with Gasteiger partial charge in [0.25, 0.3) is 0 Å². The smallest absolute Gasteiger partial charge is 0.000977 e. The summed E-state index contributed by atoms with van der Waals surface area (Å²) in [6, 6.07) is 0. The van der Waals surface area contributed by atoms with Crippen LogP contribution in [0.25, 0.3) is 0 Å². The van der Waals surface area contributed by atoms with Crippen LogP contribution in [0.3, 0.4) is 0 Å². The molecular formula is C38H80N2. The van der Waals surface area contributed by atoms with Gasteiger partial charge in [-0.15, -0.1) is 0 Å². The molecule has 0 heterocycles. The normalized spacial score (nSPS) is 13.3. The molecule has 40 heavy (non-hydrogen) atoms. The van der Waals surface area contributed by atoms with Crippen LogP contribution >= 0.6 is 0 Å². The third-order valence-electron chi connectivity index (χ3n) is 9.30. The summed E-state index contributed by atoms with van der Waals surface area (Å²) in [5.74, 6) is 1.85. The number of nitrogens with one attached hydrogen (secondary N) is 1. The van der Waals surface area contributed by atoms with Gasteiger partial charge < -0.3 is 10.2 Å². The van der Waals surface area contributed by atoms with Crippen molar-refractivity contribution in [2.45, 2.75) is 201 Å². The zero-order valence-corrected chi connectivity index (χ0v) is 29.0. The van der Waals surface area contributed by atoms with Gasteiger partial charge in [0, 0.05) is 13.1 Å². The first-order valence-corrected chi connectivity index (χ1v) is 19.1. The first kappa shape index (κ1) is 39.9. The second-order valence-corrected chi connectivity index (χ2v) is 13.5. The van der Waals surface area contributed by atoms with Crippen LogP contribution in [0.2, 0.25) is 0 Å². The van der Waals surface area contributed by atoms with E-state index in [0.29, 0.717) is 0 Å². The standard InChI is InChI=1S/C38H80N2/c1-6-10-14-18-20-25-31-37(29-23-16-12-8-3)35-40(34-28-22-27-33-39-5)36-38(30-24-17-13-9-4)32-26-21-19-15-11-7-2/h37-39H,6-36H2,1-5H3. The molecule has 0 aliphatic rings. The Hall–Kier alpha value is -0.0800. The maximum atomic E-state index is 3.36. The second-order valence-electron chi connectivity index (χ2n) is 13.5. The maximum absolute atomic E-state index is 3.36. The highest BCUT2D eigenvalue weighted by molar-refractivity contribution is 4.73. The van der Waals surface area contributed by atoms with Gasteiger partial charge in [-0.2, -0.15) is 0 Å². The highest BCUT2D eigenvalue weighted by Gasteiger charge is 2.19. The average Bonchev–Trinajstić information content (AvgIpc) is 2.96. The Balaban J connectivity index is 5.15. The Kier molecular flexibility index (Phi) is 33.4. The molecule has 1 N–H and O–H groups in total. The Bertz CT molecular complexity index is 417. The quantitative estimate of drug-likeness (QED) is 0.0782. The summed E-state index contributed by atoms with van der Waals surface area (Å²) >= 11 is 0. The number of unbranched alkanes of at least 4 members (excludes halogenated alkanes) is 18. The molecule has 0 fully saturated rings. The third kappa shape index (κ3) is 28.1. The van der Waals surface area contributed by atoms with Gasteiger partial charge in [-0.1, -0.05) is 163 Å². The van der Waals surface area contributed by atoms with E-state index >= 15 is 0 Å². The van der Waals surface area contributed by atoms with E-state index in [0.717, 1.165) is 11.8 Å². The molecule has 2 atom stereocenters. The fraction of sp³-hybridized carbons (Fsp3) is 1.00. The first-order valence-electron chi connectivity index (χ1n) is 19.1. The molecular weight excluding hydrogens is 484 g/mol. The summed E-state index contributed by atoms with van der Waals surface area (Å²) in [4.78, 5) is 2.99. The topological polar surface area (TPSA) is 15.3 Å². The minimum absolute atomic E-state index is 0.926. The molecule has 0 spiro atoms. The van der Waals surface area contributed by atoms with Crippen LogP contribution in [-0.4, -0.2) is 38.1 Å². The summed E-state index contributed by atoms with van der Waals surface area (Å²) in [7, 11) is 2.10. The molecule has 0 rings (SSSR count). The summed E-state index contributed by atoms with van der Waals surface area (Å²) < 4.78 is 0. The predicted molar refractivity (Wildman–Crippen MR) is 185 cm³/mol. The Morgan fingerprint density at radius 1 is 0.400 bits per heavy atom. The average molecular weight is 565 g/mol.